The topological polar surface area (TPSA) is 92.5 Å². The molecule has 0 aromatic carbocycles. The third-order valence-electron chi connectivity index (χ3n) is 3.83. The van der Waals surface area contributed by atoms with Gasteiger partial charge in [-0.05, 0) is 25.1 Å². The van der Waals surface area contributed by atoms with Gasteiger partial charge in [0.05, 0.1) is 19.5 Å². The Kier molecular flexibility index (Phi) is 6.21. The number of aromatic nitrogens is 2. The minimum absolute atomic E-state index is 0.178. The Balaban J connectivity index is 1.45. The number of nitrogens with one attached hydrogen (secondary N) is 2. The Morgan fingerprint density at radius 2 is 2.15 bits per heavy atom. The lowest BCUT2D eigenvalue weighted by Gasteiger charge is -2.28. The fourth-order valence-corrected chi connectivity index (χ4v) is 2.55. The van der Waals surface area contributed by atoms with Crippen molar-refractivity contribution < 1.29 is 13.9 Å². The van der Waals surface area contributed by atoms with Gasteiger partial charge in [-0.25, -0.2) is 4.98 Å². The molecule has 2 N–H and O–H groups in total. The van der Waals surface area contributed by atoms with E-state index in [9.17, 15) is 4.79 Å². The van der Waals surface area contributed by atoms with Gasteiger partial charge in [-0.15, -0.1) is 0 Å². The van der Waals surface area contributed by atoms with Gasteiger partial charge in [0.25, 0.3) is 0 Å². The van der Waals surface area contributed by atoms with E-state index in [0.29, 0.717) is 38.0 Å². The molecule has 1 aliphatic heterocycles. The number of rotatable bonds is 7. The molecule has 0 saturated carbocycles. The Labute approximate surface area is 152 Å². The minimum Gasteiger partial charge on any atom is -0.465 e. The number of carbonyl (C=O) groups excluding carboxylic acids is 1. The van der Waals surface area contributed by atoms with Gasteiger partial charge in [0.2, 0.25) is 11.9 Å². The van der Waals surface area contributed by atoms with Crippen LogP contribution in [-0.2, 0) is 9.53 Å². The Morgan fingerprint density at radius 3 is 2.92 bits per heavy atom. The lowest BCUT2D eigenvalue weighted by atomic mass is 10.3. The van der Waals surface area contributed by atoms with Gasteiger partial charge in [0.15, 0.2) is 0 Å². The van der Waals surface area contributed by atoms with Gasteiger partial charge < -0.3 is 24.7 Å². The molecular weight excluding hydrogens is 334 g/mol. The first-order chi connectivity index (χ1) is 12.7. The van der Waals surface area contributed by atoms with E-state index >= 15 is 0 Å². The Morgan fingerprint density at radius 1 is 1.31 bits per heavy atom. The molecule has 0 bridgehead atoms. The van der Waals surface area contributed by atoms with E-state index in [2.05, 4.69) is 25.5 Å². The highest BCUT2D eigenvalue weighted by Gasteiger charge is 2.14. The van der Waals surface area contributed by atoms with Crippen LogP contribution in [0.1, 0.15) is 11.5 Å². The molecule has 8 nitrogen and oxygen atoms in total. The van der Waals surface area contributed by atoms with E-state index < -0.39 is 0 Å². The molecule has 1 fully saturated rings. The molecule has 1 aliphatic rings. The summed E-state index contributed by atoms with van der Waals surface area (Å²) in [7, 11) is 0. The lowest BCUT2D eigenvalue weighted by molar-refractivity contribution is -0.116. The first kappa shape index (κ1) is 17.9. The summed E-state index contributed by atoms with van der Waals surface area (Å²) in [5.74, 6) is 1.92. The van der Waals surface area contributed by atoms with Crippen LogP contribution in [0.3, 0.4) is 0 Å². The molecule has 2 aromatic heterocycles. The van der Waals surface area contributed by atoms with Gasteiger partial charge in [-0.3, -0.25) is 4.79 Å². The summed E-state index contributed by atoms with van der Waals surface area (Å²) < 4.78 is 10.5. The summed E-state index contributed by atoms with van der Waals surface area (Å²) in [4.78, 5) is 22.9. The predicted molar refractivity (Wildman–Crippen MR) is 99.0 cm³/mol. The van der Waals surface area contributed by atoms with Crippen LogP contribution < -0.4 is 15.5 Å². The Bertz CT molecular complexity index is 739. The second kappa shape index (κ2) is 9.00. The van der Waals surface area contributed by atoms with Gasteiger partial charge in [-0.1, -0.05) is 0 Å². The van der Waals surface area contributed by atoms with Crippen molar-refractivity contribution in [2.75, 3.05) is 49.6 Å². The first-order valence-corrected chi connectivity index (χ1v) is 8.62. The molecule has 0 atom stereocenters. The molecule has 138 valence electrons. The van der Waals surface area contributed by atoms with Crippen molar-refractivity contribution in [2.45, 2.75) is 6.92 Å². The van der Waals surface area contributed by atoms with Gasteiger partial charge in [0.1, 0.15) is 11.6 Å². The molecule has 0 radical (unpaired) electrons. The second-order valence-corrected chi connectivity index (χ2v) is 5.86. The third-order valence-corrected chi connectivity index (χ3v) is 3.83. The number of hydrogen-bond donors (Lipinski definition) is 2. The summed E-state index contributed by atoms with van der Waals surface area (Å²) in [5.41, 5.74) is 0.898. The summed E-state index contributed by atoms with van der Waals surface area (Å²) in [6.07, 6.45) is 4.63. The number of nitrogens with zero attached hydrogens (tertiary/aromatic N) is 3. The van der Waals surface area contributed by atoms with Crippen LogP contribution in [0.15, 0.2) is 35.0 Å². The van der Waals surface area contributed by atoms with Crippen molar-refractivity contribution in [3.05, 3.63) is 42.0 Å². The molecule has 3 rings (SSSR count). The van der Waals surface area contributed by atoms with Crippen LogP contribution >= 0.6 is 0 Å². The summed E-state index contributed by atoms with van der Waals surface area (Å²) in [6, 6.07) is 5.53. The highest BCUT2D eigenvalue weighted by molar-refractivity contribution is 5.91. The van der Waals surface area contributed by atoms with Gasteiger partial charge in [-0.2, -0.15) is 4.98 Å². The van der Waals surface area contributed by atoms with E-state index in [4.69, 9.17) is 9.15 Å². The zero-order valence-electron chi connectivity index (χ0n) is 14.8. The number of hydrogen-bond acceptors (Lipinski definition) is 7. The minimum atomic E-state index is -0.178. The highest BCUT2D eigenvalue weighted by Crippen LogP contribution is 2.16. The average molecular weight is 357 g/mol. The van der Waals surface area contributed by atoms with Crippen LogP contribution in [0, 0.1) is 6.92 Å². The molecular formula is C18H23N5O3. The zero-order valence-corrected chi connectivity index (χ0v) is 14.8. The largest absolute Gasteiger partial charge is 0.465 e. The zero-order chi connectivity index (χ0) is 18.2. The molecule has 26 heavy (non-hydrogen) atoms. The average Bonchev–Trinajstić information content (AvgIpc) is 3.17. The highest BCUT2D eigenvalue weighted by atomic mass is 16.5. The number of amides is 1. The number of furan rings is 1. The quantitative estimate of drug-likeness (QED) is 0.572. The standard InChI is InChI=1S/C18H23N5O3/c1-14-13-16(23-8-11-25-12-9-23)22-18(21-14)20-7-6-19-17(24)5-4-15-3-2-10-26-15/h2-5,10,13H,6-9,11-12H2,1H3,(H,19,24)(H,20,21,22)/b5-4+. The van der Waals surface area contributed by atoms with E-state index in [1.54, 1.807) is 24.5 Å². The molecule has 3 heterocycles. The van der Waals surface area contributed by atoms with Crippen LogP contribution in [-0.4, -0.2) is 55.3 Å². The third kappa shape index (κ3) is 5.32. The fourth-order valence-electron chi connectivity index (χ4n) is 2.55. The van der Waals surface area contributed by atoms with Gasteiger partial charge >= 0.3 is 0 Å². The SMILES string of the molecule is Cc1cc(N2CCOCC2)nc(NCCNC(=O)/C=C/c2ccco2)n1. The number of carbonyl (C=O) groups is 1. The molecule has 1 amide bonds. The second-order valence-electron chi connectivity index (χ2n) is 5.86. The van der Waals surface area contributed by atoms with E-state index in [1.165, 1.54) is 6.08 Å². The van der Waals surface area contributed by atoms with Crippen molar-refractivity contribution in [1.82, 2.24) is 15.3 Å². The van der Waals surface area contributed by atoms with Crippen molar-refractivity contribution in [2.24, 2.45) is 0 Å². The predicted octanol–water partition coefficient (Wildman–Crippen LogP) is 1.46. The summed E-state index contributed by atoms with van der Waals surface area (Å²) in [5, 5.41) is 5.95. The van der Waals surface area contributed by atoms with Crippen molar-refractivity contribution >= 4 is 23.7 Å². The number of aryl methyl sites for hydroxylation is 1. The number of ether oxygens (including phenoxy) is 1. The first-order valence-electron chi connectivity index (χ1n) is 8.62. The smallest absolute Gasteiger partial charge is 0.244 e. The molecule has 0 unspecified atom stereocenters. The van der Waals surface area contributed by atoms with Crippen molar-refractivity contribution in [1.29, 1.82) is 0 Å². The van der Waals surface area contributed by atoms with E-state index in [-0.39, 0.29) is 5.91 Å². The maximum Gasteiger partial charge on any atom is 0.244 e. The van der Waals surface area contributed by atoms with Crippen LogP contribution in [0.4, 0.5) is 11.8 Å². The number of anilines is 2. The van der Waals surface area contributed by atoms with E-state index in [0.717, 1.165) is 24.6 Å². The molecule has 2 aromatic rings. The molecule has 0 aliphatic carbocycles. The van der Waals surface area contributed by atoms with Crippen LogP contribution in [0.25, 0.3) is 6.08 Å². The summed E-state index contributed by atoms with van der Waals surface area (Å²) >= 11 is 0. The Hall–Kier alpha value is -2.87. The maximum atomic E-state index is 11.7. The number of morpholine rings is 1. The maximum absolute atomic E-state index is 11.7. The normalized spacial score (nSPS) is 14.6. The van der Waals surface area contributed by atoms with Crippen molar-refractivity contribution in [3.63, 3.8) is 0 Å². The summed E-state index contributed by atoms with van der Waals surface area (Å²) in [6.45, 7) is 6.02. The molecule has 1 saturated heterocycles. The monoisotopic (exact) mass is 357 g/mol. The van der Waals surface area contributed by atoms with Crippen LogP contribution in [0.5, 0.6) is 0 Å². The van der Waals surface area contributed by atoms with E-state index in [1.807, 2.05) is 13.0 Å². The fraction of sp³-hybridized carbons (Fsp3) is 0.389. The molecule has 8 heteroatoms. The van der Waals surface area contributed by atoms with Crippen LogP contribution in [0.2, 0.25) is 0 Å². The molecule has 0 spiro atoms. The lowest BCUT2D eigenvalue weighted by Crippen LogP contribution is -2.37. The van der Waals surface area contributed by atoms with Gasteiger partial charge in [0, 0.05) is 44.0 Å². The van der Waals surface area contributed by atoms with Crippen molar-refractivity contribution in [3.8, 4) is 0 Å².